The number of aliphatic hydroxyl groups is 1. The fraction of sp³-hybridized carbons (Fsp3) is 0.474. The molecule has 0 bridgehead atoms. The number of aromatic nitrogens is 1. The van der Waals surface area contributed by atoms with Gasteiger partial charge < -0.3 is 19.9 Å². The van der Waals surface area contributed by atoms with Gasteiger partial charge in [0.1, 0.15) is 13.2 Å². The van der Waals surface area contributed by atoms with Crippen molar-refractivity contribution in [3.8, 4) is 11.5 Å². The van der Waals surface area contributed by atoms with Crippen LogP contribution in [0, 0.1) is 6.92 Å². The Morgan fingerprint density at radius 3 is 2.93 bits per heavy atom. The van der Waals surface area contributed by atoms with Gasteiger partial charge in [0.15, 0.2) is 11.5 Å². The Morgan fingerprint density at radius 2 is 2.19 bits per heavy atom. The van der Waals surface area contributed by atoms with Gasteiger partial charge in [0.25, 0.3) is 5.91 Å². The number of aliphatic hydroxyl groups excluding tert-OH is 1. The van der Waals surface area contributed by atoms with E-state index >= 15 is 0 Å². The number of piperidine rings is 1. The van der Waals surface area contributed by atoms with E-state index in [0.29, 0.717) is 43.2 Å². The SMILES string of the molecule is Cc1nc(CN2CC[C@@H](NC(=O)c3ccc4c(c3)OCCO4)[C@H](O)C2)cs1. The molecule has 27 heavy (non-hydrogen) atoms. The number of benzene rings is 1. The zero-order valence-electron chi connectivity index (χ0n) is 15.2. The second-order valence-corrected chi connectivity index (χ2v) is 7.95. The third-order valence-corrected chi connectivity index (χ3v) is 5.66. The number of carbonyl (C=O) groups is 1. The molecule has 0 spiro atoms. The molecular formula is C19H23N3O4S. The molecule has 0 radical (unpaired) electrons. The summed E-state index contributed by atoms with van der Waals surface area (Å²) in [5, 5.41) is 16.5. The Labute approximate surface area is 161 Å². The van der Waals surface area contributed by atoms with Crippen LogP contribution in [0.3, 0.4) is 0 Å². The number of hydrogen-bond donors (Lipinski definition) is 2. The number of aryl methyl sites for hydroxylation is 1. The number of nitrogens with zero attached hydrogens (tertiary/aromatic N) is 2. The van der Waals surface area contributed by atoms with Crippen molar-refractivity contribution in [2.75, 3.05) is 26.3 Å². The quantitative estimate of drug-likeness (QED) is 0.826. The molecule has 0 aliphatic carbocycles. The van der Waals surface area contributed by atoms with E-state index in [-0.39, 0.29) is 11.9 Å². The largest absolute Gasteiger partial charge is 0.486 e. The first-order valence-corrected chi connectivity index (χ1v) is 9.98. The van der Waals surface area contributed by atoms with Gasteiger partial charge >= 0.3 is 0 Å². The molecule has 1 aromatic carbocycles. The number of nitrogens with one attached hydrogen (secondary N) is 1. The summed E-state index contributed by atoms with van der Waals surface area (Å²) in [6.07, 6.45) is 0.0836. The van der Waals surface area contributed by atoms with Crippen LogP contribution in [0.4, 0.5) is 0 Å². The highest BCUT2D eigenvalue weighted by atomic mass is 32.1. The molecule has 0 saturated carbocycles. The summed E-state index contributed by atoms with van der Waals surface area (Å²) in [4.78, 5) is 19.2. The first-order valence-electron chi connectivity index (χ1n) is 9.10. The topological polar surface area (TPSA) is 83.9 Å². The zero-order chi connectivity index (χ0) is 18.8. The fourth-order valence-corrected chi connectivity index (χ4v) is 4.06. The normalized spacial score (nSPS) is 22.4. The number of carbonyl (C=O) groups excluding carboxylic acids is 1. The van der Waals surface area contributed by atoms with Crippen molar-refractivity contribution >= 4 is 17.2 Å². The summed E-state index contributed by atoms with van der Waals surface area (Å²) in [6.45, 7) is 5.03. The molecular weight excluding hydrogens is 366 g/mol. The average molecular weight is 389 g/mol. The van der Waals surface area contributed by atoms with E-state index in [4.69, 9.17) is 9.47 Å². The van der Waals surface area contributed by atoms with E-state index in [1.165, 1.54) is 0 Å². The third kappa shape index (κ3) is 4.23. The van der Waals surface area contributed by atoms with Gasteiger partial charge in [-0.1, -0.05) is 0 Å². The zero-order valence-corrected chi connectivity index (χ0v) is 16.0. The summed E-state index contributed by atoms with van der Waals surface area (Å²) in [7, 11) is 0. The van der Waals surface area contributed by atoms with Crippen LogP contribution in [0.15, 0.2) is 23.6 Å². The van der Waals surface area contributed by atoms with Crippen LogP contribution in [0.1, 0.15) is 27.5 Å². The lowest BCUT2D eigenvalue weighted by molar-refractivity contribution is 0.0345. The number of rotatable bonds is 4. The molecule has 3 heterocycles. The average Bonchev–Trinajstić information content (AvgIpc) is 3.08. The van der Waals surface area contributed by atoms with Crippen LogP contribution >= 0.6 is 11.3 Å². The molecule has 2 aliphatic heterocycles. The molecule has 2 N–H and O–H groups in total. The smallest absolute Gasteiger partial charge is 0.251 e. The van der Waals surface area contributed by atoms with Crippen LogP contribution in [0.5, 0.6) is 11.5 Å². The number of hydrogen-bond acceptors (Lipinski definition) is 7. The fourth-order valence-electron chi connectivity index (χ4n) is 3.46. The standard InChI is InChI=1S/C19H23N3O4S/c1-12-20-14(11-27-12)9-22-5-4-15(16(23)10-22)21-19(24)13-2-3-17-18(8-13)26-7-6-25-17/h2-3,8,11,15-16,23H,4-7,9-10H2,1H3,(H,21,24)/t15-,16-/m1/s1. The lowest BCUT2D eigenvalue weighted by atomic mass is 10.0. The molecule has 0 unspecified atom stereocenters. The van der Waals surface area contributed by atoms with E-state index in [1.807, 2.05) is 6.92 Å². The highest BCUT2D eigenvalue weighted by molar-refractivity contribution is 7.09. The number of amides is 1. The minimum Gasteiger partial charge on any atom is -0.486 e. The molecule has 2 aromatic rings. The molecule has 8 heteroatoms. The predicted octanol–water partition coefficient (Wildman–Crippen LogP) is 1.59. The second kappa shape index (κ2) is 7.84. The maximum absolute atomic E-state index is 12.6. The van der Waals surface area contributed by atoms with Crippen LogP contribution in [-0.4, -0.2) is 59.3 Å². The molecule has 1 fully saturated rings. The lowest BCUT2D eigenvalue weighted by Gasteiger charge is -2.36. The van der Waals surface area contributed by atoms with Crippen LogP contribution in [0.25, 0.3) is 0 Å². The Bertz CT molecular complexity index is 825. The number of ether oxygens (including phenoxy) is 2. The van der Waals surface area contributed by atoms with Crippen LogP contribution < -0.4 is 14.8 Å². The number of likely N-dealkylation sites (tertiary alicyclic amines) is 1. The molecule has 144 valence electrons. The summed E-state index contributed by atoms with van der Waals surface area (Å²) in [5.74, 6) is 1.03. The lowest BCUT2D eigenvalue weighted by Crippen LogP contribution is -2.53. The molecule has 7 nitrogen and oxygen atoms in total. The Morgan fingerprint density at radius 1 is 1.37 bits per heavy atom. The van der Waals surface area contributed by atoms with E-state index in [9.17, 15) is 9.90 Å². The van der Waals surface area contributed by atoms with Crippen molar-refractivity contribution < 1.29 is 19.4 Å². The van der Waals surface area contributed by atoms with Gasteiger partial charge in [0.05, 0.1) is 22.8 Å². The molecule has 4 rings (SSSR count). The van der Waals surface area contributed by atoms with E-state index in [1.54, 1.807) is 29.5 Å². The minimum absolute atomic E-state index is 0.209. The third-order valence-electron chi connectivity index (χ3n) is 4.84. The van der Waals surface area contributed by atoms with Crippen molar-refractivity contribution in [2.45, 2.75) is 32.0 Å². The number of thiazole rings is 1. The first kappa shape index (κ1) is 18.2. The summed E-state index contributed by atoms with van der Waals surface area (Å²) >= 11 is 1.63. The van der Waals surface area contributed by atoms with Crippen molar-refractivity contribution in [2.24, 2.45) is 0 Å². The summed E-state index contributed by atoms with van der Waals surface area (Å²) < 4.78 is 11.0. The summed E-state index contributed by atoms with van der Waals surface area (Å²) in [5.41, 5.74) is 1.54. The highest BCUT2D eigenvalue weighted by Gasteiger charge is 2.29. The Hall–Kier alpha value is -2.16. The van der Waals surface area contributed by atoms with E-state index < -0.39 is 6.10 Å². The van der Waals surface area contributed by atoms with Crippen molar-refractivity contribution in [1.82, 2.24) is 15.2 Å². The molecule has 1 aromatic heterocycles. The minimum atomic E-state index is -0.611. The molecule has 2 atom stereocenters. The van der Waals surface area contributed by atoms with Crippen molar-refractivity contribution in [1.29, 1.82) is 0 Å². The summed E-state index contributed by atoms with van der Waals surface area (Å²) in [6, 6.07) is 4.89. The number of fused-ring (bicyclic) bond motifs is 1. The van der Waals surface area contributed by atoms with Gasteiger partial charge in [0, 0.05) is 30.6 Å². The van der Waals surface area contributed by atoms with E-state index in [0.717, 1.165) is 23.8 Å². The Balaban J connectivity index is 1.34. The van der Waals surface area contributed by atoms with Gasteiger partial charge in [0.2, 0.25) is 0 Å². The maximum Gasteiger partial charge on any atom is 0.251 e. The first-order chi connectivity index (χ1) is 13.1. The highest BCUT2D eigenvalue weighted by Crippen LogP contribution is 2.30. The molecule has 2 aliphatic rings. The van der Waals surface area contributed by atoms with Gasteiger partial charge in [-0.05, 0) is 31.5 Å². The van der Waals surface area contributed by atoms with Crippen LogP contribution in [-0.2, 0) is 6.54 Å². The van der Waals surface area contributed by atoms with Gasteiger partial charge in [-0.25, -0.2) is 4.98 Å². The van der Waals surface area contributed by atoms with Gasteiger partial charge in [-0.15, -0.1) is 11.3 Å². The second-order valence-electron chi connectivity index (χ2n) is 6.89. The van der Waals surface area contributed by atoms with Crippen molar-refractivity contribution in [3.63, 3.8) is 0 Å². The van der Waals surface area contributed by atoms with Gasteiger partial charge in [-0.3, -0.25) is 9.69 Å². The van der Waals surface area contributed by atoms with Gasteiger partial charge in [-0.2, -0.15) is 0 Å². The van der Waals surface area contributed by atoms with Crippen LogP contribution in [0.2, 0.25) is 0 Å². The maximum atomic E-state index is 12.6. The van der Waals surface area contributed by atoms with Crippen molar-refractivity contribution in [3.05, 3.63) is 39.8 Å². The number of β-amino-alcohol motifs (C(OH)–C–C–N with tert-alkyl or cyclic N) is 1. The predicted molar refractivity (Wildman–Crippen MR) is 101 cm³/mol. The van der Waals surface area contributed by atoms with E-state index in [2.05, 4.69) is 20.6 Å². The molecule has 1 saturated heterocycles. The molecule has 1 amide bonds. The monoisotopic (exact) mass is 389 g/mol. The Kier molecular flexibility index (Phi) is 5.29.